The Hall–Kier alpha value is -2.56. The molecule has 0 unspecified atom stereocenters. The van der Waals surface area contributed by atoms with Gasteiger partial charge in [-0.05, 0) is 61.5 Å². The molecule has 2 amide bonds. The molecule has 0 atom stereocenters. The number of nitrogens with zero attached hydrogens (tertiary/aromatic N) is 1. The molecule has 3 N–H and O–H groups in total. The average Bonchev–Trinajstić information content (AvgIpc) is 3.08. The third-order valence-electron chi connectivity index (χ3n) is 4.28. The number of rotatable bonds is 6. The zero-order valence-electron chi connectivity index (χ0n) is 17.2. The number of thiocarbonyl (C=S) groups is 1. The van der Waals surface area contributed by atoms with Gasteiger partial charge in [-0.15, -0.1) is 0 Å². The smallest absolute Gasteiger partial charge is 0.261 e. The van der Waals surface area contributed by atoms with Crippen LogP contribution in [0.1, 0.15) is 35.7 Å². The van der Waals surface area contributed by atoms with Crippen molar-refractivity contribution in [2.45, 2.75) is 26.7 Å². The van der Waals surface area contributed by atoms with Gasteiger partial charge in [0.05, 0.1) is 22.9 Å². The van der Waals surface area contributed by atoms with Crippen molar-refractivity contribution in [2.24, 2.45) is 0 Å². The van der Waals surface area contributed by atoms with Gasteiger partial charge in [-0.3, -0.25) is 14.9 Å². The van der Waals surface area contributed by atoms with Crippen molar-refractivity contribution in [2.75, 3.05) is 17.7 Å². The standard InChI is InChI=1S/C21H21BrN4O3S2/c1-4-5-17(27)25-21-24-15-7-6-13(10-16(15)31-21)23-20(30)26-19(28)14-9-12(22)8-11(2)18(14)29-3/h6-10H,4-5H2,1-3H3,(H,24,25,27)(H2,23,26,28,30). The van der Waals surface area contributed by atoms with E-state index in [1.807, 2.05) is 38.1 Å². The summed E-state index contributed by atoms with van der Waals surface area (Å²) in [5.41, 5.74) is 2.68. The first-order chi connectivity index (χ1) is 14.8. The third kappa shape index (κ3) is 5.78. The minimum atomic E-state index is -0.376. The van der Waals surface area contributed by atoms with Crippen LogP contribution in [0.5, 0.6) is 5.75 Å². The van der Waals surface area contributed by atoms with E-state index in [1.165, 1.54) is 18.4 Å². The van der Waals surface area contributed by atoms with E-state index in [0.29, 0.717) is 28.6 Å². The number of hydrogen-bond acceptors (Lipinski definition) is 6. The number of methoxy groups -OCH3 is 1. The molecule has 1 aromatic heterocycles. The van der Waals surface area contributed by atoms with E-state index in [9.17, 15) is 9.59 Å². The fraction of sp³-hybridized carbons (Fsp3) is 0.238. The van der Waals surface area contributed by atoms with Crippen molar-refractivity contribution < 1.29 is 14.3 Å². The summed E-state index contributed by atoms with van der Waals surface area (Å²) in [5.74, 6) is 0.0628. The van der Waals surface area contributed by atoms with Crippen molar-refractivity contribution in [3.05, 3.63) is 45.9 Å². The molecule has 7 nitrogen and oxygen atoms in total. The van der Waals surface area contributed by atoms with Crippen molar-refractivity contribution in [1.29, 1.82) is 0 Å². The lowest BCUT2D eigenvalue weighted by Crippen LogP contribution is -2.34. The Labute approximate surface area is 197 Å². The second kappa shape index (κ2) is 10.2. The van der Waals surface area contributed by atoms with Gasteiger partial charge in [0.15, 0.2) is 10.2 Å². The van der Waals surface area contributed by atoms with Crippen LogP contribution in [0.15, 0.2) is 34.8 Å². The van der Waals surface area contributed by atoms with Gasteiger partial charge >= 0.3 is 0 Å². The molecule has 0 saturated carbocycles. The molecule has 0 aliphatic heterocycles. The van der Waals surface area contributed by atoms with Crippen molar-refractivity contribution in [3.63, 3.8) is 0 Å². The summed E-state index contributed by atoms with van der Waals surface area (Å²) in [4.78, 5) is 28.9. The number of ether oxygens (including phenoxy) is 1. The number of carbonyl (C=O) groups excluding carboxylic acids is 2. The molecule has 3 aromatic rings. The van der Waals surface area contributed by atoms with Crippen LogP contribution < -0.4 is 20.7 Å². The molecule has 10 heteroatoms. The maximum Gasteiger partial charge on any atom is 0.261 e. The molecule has 1 heterocycles. The van der Waals surface area contributed by atoms with Gasteiger partial charge in [0, 0.05) is 16.6 Å². The molecular formula is C21H21BrN4O3S2. The van der Waals surface area contributed by atoms with Gasteiger partial charge in [-0.25, -0.2) is 4.98 Å². The van der Waals surface area contributed by atoms with E-state index in [1.54, 1.807) is 6.07 Å². The Morgan fingerprint density at radius 3 is 2.71 bits per heavy atom. The molecule has 0 fully saturated rings. The number of carbonyl (C=O) groups is 2. The lowest BCUT2D eigenvalue weighted by Gasteiger charge is -2.13. The molecule has 0 saturated heterocycles. The number of halogens is 1. The Balaban J connectivity index is 1.70. The molecule has 31 heavy (non-hydrogen) atoms. The van der Waals surface area contributed by atoms with Gasteiger partial charge < -0.3 is 15.4 Å². The van der Waals surface area contributed by atoms with Gasteiger partial charge in [-0.1, -0.05) is 34.2 Å². The summed E-state index contributed by atoms with van der Waals surface area (Å²) in [6, 6.07) is 9.05. The van der Waals surface area contributed by atoms with Crippen molar-refractivity contribution in [1.82, 2.24) is 10.3 Å². The van der Waals surface area contributed by atoms with E-state index in [0.717, 1.165) is 26.7 Å². The summed E-state index contributed by atoms with van der Waals surface area (Å²) in [5, 5.41) is 9.21. The summed E-state index contributed by atoms with van der Waals surface area (Å²) in [6.07, 6.45) is 1.23. The highest BCUT2D eigenvalue weighted by Gasteiger charge is 2.17. The molecule has 3 rings (SSSR count). The van der Waals surface area contributed by atoms with E-state index in [4.69, 9.17) is 17.0 Å². The van der Waals surface area contributed by atoms with E-state index in [2.05, 4.69) is 36.9 Å². The predicted octanol–water partition coefficient (Wildman–Crippen LogP) is 5.24. The molecule has 0 spiro atoms. The van der Waals surface area contributed by atoms with Gasteiger partial charge in [0.2, 0.25) is 5.91 Å². The molecule has 0 bridgehead atoms. The number of aryl methyl sites for hydroxylation is 1. The number of amides is 2. The molecule has 0 aliphatic rings. The number of anilines is 2. The monoisotopic (exact) mass is 520 g/mol. The number of benzene rings is 2. The predicted molar refractivity (Wildman–Crippen MR) is 132 cm³/mol. The lowest BCUT2D eigenvalue weighted by atomic mass is 10.1. The van der Waals surface area contributed by atoms with E-state index >= 15 is 0 Å². The highest BCUT2D eigenvalue weighted by Crippen LogP contribution is 2.29. The van der Waals surface area contributed by atoms with Crippen LogP contribution in [0.25, 0.3) is 10.2 Å². The van der Waals surface area contributed by atoms with Crippen LogP contribution in [-0.2, 0) is 4.79 Å². The maximum absolute atomic E-state index is 12.7. The minimum absolute atomic E-state index is 0.0537. The number of thiazole rings is 1. The zero-order valence-corrected chi connectivity index (χ0v) is 20.4. The summed E-state index contributed by atoms with van der Waals surface area (Å²) < 4.78 is 7.02. The van der Waals surface area contributed by atoms with Crippen LogP contribution in [0.4, 0.5) is 10.8 Å². The maximum atomic E-state index is 12.7. The molecule has 0 radical (unpaired) electrons. The molecule has 162 valence electrons. The van der Waals surface area contributed by atoms with Gasteiger partial charge in [-0.2, -0.15) is 0 Å². The van der Waals surface area contributed by atoms with E-state index in [-0.39, 0.29) is 16.9 Å². The first kappa shape index (κ1) is 23.1. The summed E-state index contributed by atoms with van der Waals surface area (Å²) >= 11 is 10.1. The van der Waals surface area contributed by atoms with Crippen LogP contribution in [0, 0.1) is 6.92 Å². The highest BCUT2D eigenvalue weighted by molar-refractivity contribution is 9.10. The van der Waals surface area contributed by atoms with Gasteiger partial charge in [0.1, 0.15) is 5.75 Å². The van der Waals surface area contributed by atoms with Crippen molar-refractivity contribution in [3.8, 4) is 5.75 Å². The normalized spacial score (nSPS) is 10.6. The lowest BCUT2D eigenvalue weighted by molar-refractivity contribution is -0.116. The quantitative estimate of drug-likeness (QED) is 0.385. The molecule has 0 aliphatic carbocycles. The van der Waals surface area contributed by atoms with E-state index < -0.39 is 0 Å². The third-order valence-corrected chi connectivity index (χ3v) is 5.88. The molecular weight excluding hydrogens is 500 g/mol. The largest absolute Gasteiger partial charge is 0.496 e. The average molecular weight is 521 g/mol. The SMILES string of the molecule is CCCC(=O)Nc1nc2ccc(NC(=S)NC(=O)c3cc(Br)cc(C)c3OC)cc2s1. The number of aromatic nitrogens is 1. The zero-order chi connectivity index (χ0) is 22.5. The highest BCUT2D eigenvalue weighted by atomic mass is 79.9. The Kier molecular flexibility index (Phi) is 7.58. The van der Waals surface area contributed by atoms with Crippen LogP contribution in [0.3, 0.4) is 0 Å². The molecule has 2 aromatic carbocycles. The topological polar surface area (TPSA) is 92.4 Å². The Morgan fingerprint density at radius 1 is 1.23 bits per heavy atom. The number of hydrogen-bond donors (Lipinski definition) is 3. The Bertz CT molecular complexity index is 1160. The number of nitrogens with one attached hydrogen (secondary N) is 3. The first-order valence-corrected chi connectivity index (χ1v) is 11.5. The fourth-order valence-electron chi connectivity index (χ4n) is 2.97. The van der Waals surface area contributed by atoms with Crippen LogP contribution in [-0.4, -0.2) is 29.0 Å². The van der Waals surface area contributed by atoms with Crippen LogP contribution >= 0.6 is 39.5 Å². The first-order valence-electron chi connectivity index (χ1n) is 9.47. The Morgan fingerprint density at radius 2 is 2.00 bits per heavy atom. The second-order valence-electron chi connectivity index (χ2n) is 6.71. The minimum Gasteiger partial charge on any atom is -0.496 e. The number of fused-ring (bicyclic) bond motifs is 1. The second-order valence-corrected chi connectivity index (χ2v) is 9.07. The fourth-order valence-corrected chi connectivity index (χ4v) is 4.67. The summed E-state index contributed by atoms with van der Waals surface area (Å²) in [7, 11) is 1.52. The summed E-state index contributed by atoms with van der Waals surface area (Å²) in [6.45, 7) is 3.81. The van der Waals surface area contributed by atoms with Gasteiger partial charge in [0.25, 0.3) is 5.91 Å². The van der Waals surface area contributed by atoms with Crippen LogP contribution in [0.2, 0.25) is 0 Å². The van der Waals surface area contributed by atoms with Crippen molar-refractivity contribution >= 4 is 77.4 Å².